The molecule has 0 amide bonds. The highest BCUT2D eigenvalue weighted by molar-refractivity contribution is 7.13. The Hall–Kier alpha value is -0.970. The summed E-state index contributed by atoms with van der Waals surface area (Å²) in [5, 5.41) is 3.38. The molecule has 0 fully saturated rings. The lowest BCUT2D eigenvalue weighted by Crippen LogP contribution is -1.97. The maximum absolute atomic E-state index is 6.26. The molecule has 19 heavy (non-hydrogen) atoms. The third kappa shape index (κ3) is 2.66. The summed E-state index contributed by atoms with van der Waals surface area (Å²) in [4.78, 5) is 4.44. The summed E-state index contributed by atoms with van der Waals surface area (Å²) in [6.45, 7) is 1.26. The van der Waals surface area contributed by atoms with Gasteiger partial charge in [0, 0.05) is 17.4 Å². The Morgan fingerprint density at radius 3 is 2.89 bits per heavy atom. The average molecular weight is 316 g/mol. The Morgan fingerprint density at radius 2 is 2.11 bits per heavy atom. The van der Waals surface area contributed by atoms with Crippen LogP contribution in [0, 0.1) is 0 Å². The standard InChI is InChI=1S/C13H11Cl2NO2S/c14-6-9-7-19-13(16-9)8-4-10(15)12-11(5-8)17-2-1-3-18-12/h4-5,7H,1-3,6H2. The molecule has 0 unspecified atom stereocenters. The van der Waals surface area contributed by atoms with Gasteiger partial charge in [0.25, 0.3) is 0 Å². The van der Waals surface area contributed by atoms with Crippen molar-refractivity contribution < 1.29 is 9.47 Å². The molecule has 0 atom stereocenters. The van der Waals surface area contributed by atoms with Crippen LogP contribution in [0.5, 0.6) is 11.5 Å². The van der Waals surface area contributed by atoms with Gasteiger partial charge in [0.1, 0.15) is 5.01 Å². The van der Waals surface area contributed by atoms with Gasteiger partial charge in [-0.05, 0) is 12.1 Å². The third-order valence-corrected chi connectivity index (χ3v) is 4.23. The molecule has 6 heteroatoms. The van der Waals surface area contributed by atoms with Gasteiger partial charge >= 0.3 is 0 Å². The molecular formula is C13H11Cl2NO2S. The Morgan fingerprint density at radius 1 is 1.26 bits per heavy atom. The van der Waals surface area contributed by atoms with E-state index in [4.69, 9.17) is 32.7 Å². The van der Waals surface area contributed by atoms with Crippen molar-refractivity contribution >= 4 is 34.5 Å². The number of benzene rings is 1. The molecule has 3 nitrogen and oxygen atoms in total. The van der Waals surface area contributed by atoms with Crippen LogP contribution in [0.2, 0.25) is 5.02 Å². The second-order valence-electron chi connectivity index (χ2n) is 4.11. The van der Waals surface area contributed by atoms with Crippen molar-refractivity contribution in [2.75, 3.05) is 13.2 Å². The zero-order valence-corrected chi connectivity index (χ0v) is 12.3. The fraction of sp³-hybridized carbons (Fsp3) is 0.308. The summed E-state index contributed by atoms with van der Waals surface area (Å²) in [6, 6.07) is 3.77. The van der Waals surface area contributed by atoms with Crippen molar-refractivity contribution in [1.29, 1.82) is 0 Å². The molecule has 0 N–H and O–H groups in total. The van der Waals surface area contributed by atoms with Crippen LogP contribution < -0.4 is 9.47 Å². The summed E-state index contributed by atoms with van der Waals surface area (Å²) in [5.74, 6) is 1.72. The summed E-state index contributed by atoms with van der Waals surface area (Å²) in [6.07, 6.45) is 0.855. The smallest absolute Gasteiger partial charge is 0.179 e. The summed E-state index contributed by atoms with van der Waals surface area (Å²) in [5.41, 5.74) is 1.79. The van der Waals surface area contributed by atoms with E-state index in [0.717, 1.165) is 22.7 Å². The summed E-state index contributed by atoms with van der Waals surface area (Å²) < 4.78 is 11.3. The van der Waals surface area contributed by atoms with Gasteiger partial charge in [-0.2, -0.15) is 0 Å². The number of hydrogen-bond donors (Lipinski definition) is 0. The molecule has 0 saturated heterocycles. The van der Waals surface area contributed by atoms with Crippen LogP contribution in [0.4, 0.5) is 0 Å². The largest absolute Gasteiger partial charge is 0.489 e. The number of rotatable bonds is 2. The lowest BCUT2D eigenvalue weighted by molar-refractivity contribution is 0.297. The second-order valence-corrected chi connectivity index (χ2v) is 5.65. The van der Waals surface area contributed by atoms with E-state index in [0.29, 0.717) is 35.6 Å². The van der Waals surface area contributed by atoms with Crippen LogP contribution in [0.25, 0.3) is 10.6 Å². The monoisotopic (exact) mass is 315 g/mol. The van der Waals surface area contributed by atoms with Crippen molar-refractivity contribution in [1.82, 2.24) is 4.98 Å². The van der Waals surface area contributed by atoms with Crippen molar-refractivity contribution in [2.24, 2.45) is 0 Å². The minimum absolute atomic E-state index is 0.411. The zero-order valence-electron chi connectivity index (χ0n) is 9.99. The molecule has 1 aromatic heterocycles. The van der Waals surface area contributed by atoms with Crippen LogP contribution >= 0.6 is 34.5 Å². The van der Waals surface area contributed by atoms with Gasteiger partial charge in [0.05, 0.1) is 29.8 Å². The highest BCUT2D eigenvalue weighted by Gasteiger charge is 2.17. The van der Waals surface area contributed by atoms with Crippen LogP contribution in [-0.2, 0) is 5.88 Å². The molecule has 0 bridgehead atoms. The minimum atomic E-state index is 0.411. The predicted octanol–water partition coefficient (Wildman–Crippen LogP) is 4.36. The van der Waals surface area contributed by atoms with E-state index in [-0.39, 0.29) is 0 Å². The topological polar surface area (TPSA) is 31.4 Å². The number of fused-ring (bicyclic) bond motifs is 1. The SMILES string of the molecule is ClCc1csc(-c2cc(Cl)c3c(c2)OCCCO3)n1. The lowest BCUT2D eigenvalue weighted by atomic mass is 10.2. The van der Waals surface area contributed by atoms with Gasteiger partial charge < -0.3 is 9.47 Å². The zero-order chi connectivity index (χ0) is 13.2. The second kappa shape index (κ2) is 5.57. The highest BCUT2D eigenvalue weighted by atomic mass is 35.5. The van der Waals surface area contributed by atoms with Crippen LogP contribution in [-0.4, -0.2) is 18.2 Å². The summed E-state index contributed by atoms with van der Waals surface area (Å²) in [7, 11) is 0. The van der Waals surface area contributed by atoms with Gasteiger partial charge in [-0.3, -0.25) is 0 Å². The van der Waals surface area contributed by atoms with E-state index in [9.17, 15) is 0 Å². The van der Waals surface area contributed by atoms with Crippen molar-refractivity contribution in [3.8, 4) is 22.1 Å². The highest BCUT2D eigenvalue weighted by Crippen LogP contribution is 2.41. The van der Waals surface area contributed by atoms with E-state index in [1.807, 2.05) is 17.5 Å². The summed E-state index contributed by atoms with van der Waals surface area (Å²) >= 11 is 13.6. The molecule has 0 radical (unpaired) electrons. The lowest BCUT2D eigenvalue weighted by Gasteiger charge is -2.10. The van der Waals surface area contributed by atoms with Gasteiger partial charge in [-0.25, -0.2) is 4.98 Å². The molecule has 1 aliphatic heterocycles. The Labute approximate surface area is 125 Å². The first-order valence-electron chi connectivity index (χ1n) is 5.88. The van der Waals surface area contributed by atoms with Gasteiger partial charge in [-0.1, -0.05) is 11.6 Å². The first-order chi connectivity index (χ1) is 9.28. The molecule has 100 valence electrons. The van der Waals surface area contributed by atoms with Gasteiger partial charge in [-0.15, -0.1) is 22.9 Å². The number of aromatic nitrogens is 1. The first kappa shape index (κ1) is 13.0. The van der Waals surface area contributed by atoms with Crippen LogP contribution in [0.1, 0.15) is 12.1 Å². The fourth-order valence-electron chi connectivity index (χ4n) is 1.86. The third-order valence-electron chi connectivity index (χ3n) is 2.74. The van der Waals surface area contributed by atoms with E-state index in [2.05, 4.69) is 4.98 Å². The Bertz CT molecular complexity index is 600. The Balaban J connectivity index is 2.03. The van der Waals surface area contributed by atoms with Crippen LogP contribution in [0.15, 0.2) is 17.5 Å². The average Bonchev–Trinajstić information content (AvgIpc) is 2.77. The van der Waals surface area contributed by atoms with Crippen LogP contribution in [0.3, 0.4) is 0 Å². The number of hydrogen-bond acceptors (Lipinski definition) is 4. The number of alkyl halides is 1. The number of nitrogens with zero attached hydrogens (tertiary/aromatic N) is 1. The quantitative estimate of drug-likeness (QED) is 0.771. The maximum atomic E-state index is 6.26. The predicted molar refractivity (Wildman–Crippen MR) is 77.7 cm³/mol. The maximum Gasteiger partial charge on any atom is 0.179 e. The number of halogens is 2. The normalized spacial score (nSPS) is 14.2. The van der Waals surface area contributed by atoms with E-state index >= 15 is 0 Å². The molecule has 0 aliphatic carbocycles. The molecule has 1 aromatic carbocycles. The van der Waals surface area contributed by atoms with Gasteiger partial charge in [0.2, 0.25) is 0 Å². The molecule has 0 saturated carbocycles. The Kier molecular flexibility index (Phi) is 3.82. The molecular weight excluding hydrogens is 305 g/mol. The van der Waals surface area contributed by atoms with E-state index in [1.54, 1.807) is 11.3 Å². The number of thiazole rings is 1. The van der Waals surface area contributed by atoms with E-state index in [1.165, 1.54) is 0 Å². The van der Waals surface area contributed by atoms with Crippen molar-refractivity contribution in [3.63, 3.8) is 0 Å². The molecule has 1 aliphatic rings. The van der Waals surface area contributed by atoms with Gasteiger partial charge in [0.15, 0.2) is 11.5 Å². The van der Waals surface area contributed by atoms with Crippen molar-refractivity contribution in [3.05, 3.63) is 28.2 Å². The minimum Gasteiger partial charge on any atom is -0.489 e. The van der Waals surface area contributed by atoms with Crippen molar-refractivity contribution in [2.45, 2.75) is 12.3 Å². The van der Waals surface area contributed by atoms with E-state index < -0.39 is 0 Å². The first-order valence-corrected chi connectivity index (χ1v) is 7.67. The number of ether oxygens (including phenoxy) is 2. The molecule has 3 rings (SSSR count). The molecule has 0 spiro atoms. The molecule has 2 heterocycles. The fourth-order valence-corrected chi connectivity index (χ4v) is 3.16. The molecule has 2 aromatic rings.